The van der Waals surface area contributed by atoms with Gasteiger partial charge in [-0.3, -0.25) is 14.9 Å². The highest BCUT2D eigenvalue weighted by atomic mass is 32.1. The summed E-state index contributed by atoms with van der Waals surface area (Å²) in [4.78, 5) is 27.1. The lowest BCUT2D eigenvalue weighted by Crippen LogP contribution is -2.24. The van der Waals surface area contributed by atoms with Crippen LogP contribution in [0.5, 0.6) is 0 Å². The summed E-state index contributed by atoms with van der Waals surface area (Å²) >= 11 is 5.19. The Bertz CT molecular complexity index is 924. The number of aromatic nitrogens is 1. The first-order valence-electron chi connectivity index (χ1n) is 6.91. The first-order chi connectivity index (χ1) is 11.3. The smallest absolute Gasteiger partial charge is 0.269 e. The summed E-state index contributed by atoms with van der Waals surface area (Å²) in [5.41, 5.74) is 1.84. The van der Waals surface area contributed by atoms with Crippen LogP contribution in [-0.4, -0.2) is 34.8 Å². The Labute approximate surface area is 143 Å². The Morgan fingerprint density at radius 3 is 2.38 bits per heavy atom. The van der Waals surface area contributed by atoms with Crippen LogP contribution in [0, 0.1) is 33.0 Å². The maximum absolute atomic E-state index is 12.6. The molecular formula is C16H14N4O3S. The molecule has 1 heterocycles. The molecular weight excluding hydrogens is 328 g/mol. The van der Waals surface area contributed by atoms with E-state index in [9.17, 15) is 20.2 Å². The van der Waals surface area contributed by atoms with Gasteiger partial charge in [-0.2, -0.15) is 5.26 Å². The van der Waals surface area contributed by atoms with Crippen molar-refractivity contribution in [1.29, 1.82) is 5.26 Å². The number of amides is 1. The molecule has 1 amide bonds. The molecule has 122 valence electrons. The number of carbonyl (C=O) groups excluding carboxylic acids is 1. The summed E-state index contributed by atoms with van der Waals surface area (Å²) in [6.45, 7) is 1.70. The number of H-pyrrole nitrogens is 1. The maximum atomic E-state index is 12.6. The number of carbonyl (C=O) groups is 1. The minimum Gasteiger partial charge on any atom is -0.348 e. The van der Waals surface area contributed by atoms with Gasteiger partial charge in [-0.1, -0.05) is 12.2 Å². The van der Waals surface area contributed by atoms with Crippen molar-refractivity contribution >= 4 is 23.8 Å². The maximum Gasteiger partial charge on any atom is 0.269 e. The third kappa shape index (κ3) is 3.02. The van der Waals surface area contributed by atoms with E-state index in [1.165, 1.54) is 29.2 Å². The fraction of sp³-hybridized carbons (Fsp3) is 0.188. The fourth-order valence-electron chi connectivity index (χ4n) is 2.36. The van der Waals surface area contributed by atoms with E-state index in [1.807, 2.05) is 6.07 Å². The summed E-state index contributed by atoms with van der Waals surface area (Å²) in [7, 11) is 3.21. The van der Waals surface area contributed by atoms with Gasteiger partial charge in [0.15, 0.2) is 0 Å². The number of pyridine rings is 1. The number of nitro benzene ring substituents is 1. The van der Waals surface area contributed by atoms with Gasteiger partial charge in [0.05, 0.1) is 16.1 Å². The average molecular weight is 342 g/mol. The van der Waals surface area contributed by atoms with Gasteiger partial charge >= 0.3 is 0 Å². The van der Waals surface area contributed by atoms with E-state index < -0.39 is 4.92 Å². The van der Waals surface area contributed by atoms with Crippen molar-refractivity contribution in [2.24, 2.45) is 0 Å². The van der Waals surface area contributed by atoms with Gasteiger partial charge in [-0.05, 0) is 24.6 Å². The molecule has 7 nitrogen and oxygen atoms in total. The van der Waals surface area contributed by atoms with E-state index in [-0.39, 0.29) is 21.8 Å². The van der Waals surface area contributed by atoms with Crippen LogP contribution < -0.4 is 0 Å². The molecule has 8 heteroatoms. The summed E-state index contributed by atoms with van der Waals surface area (Å²) in [6.07, 6.45) is 0. The zero-order chi connectivity index (χ0) is 18.0. The van der Waals surface area contributed by atoms with Crippen molar-refractivity contribution in [2.75, 3.05) is 14.1 Å². The molecule has 0 saturated carbocycles. The highest BCUT2D eigenvalue weighted by molar-refractivity contribution is 7.71. The molecule has 1 N–H and O–H groups in total. The van der Waals surface area contributed by atoms with Crippen molar-refractivity contribution in [3.05, 3.63) is 55.8 Å². The molecule has 0 radical (unpaired) electrons. The average Bonchev–Trinajstić information content (AvgIpc) is 2.53. The standard InChI is InChI=1S/C16H14N4O3S/c1-9-13(16(21)19(2)3)14(12(8-17)15(24)18-9)10-4-6-11(7-5-10)20(22)23/h4-7H,1-3H3,(H,18,24). The Morgan fingerprint density at radius 1 is 1.33 bits per heavy atom. The van der Waals surface area contributed by atoms with E-state index in [0.717, 1.165) is 0 Å². The van der Waals surface area contributed by atoms with Gasteiger partial charge in [-0.15, -0.1) is 0 Å². The number of aryl methyl sites for hydroxylation is 1. The lowest BCUT2D eigenvalue weighted by atomic mass is 9.94. The summed E-state index contributed by atoms with van der Waals surface area (Å²) < 4.78 is 0.221. The number of rotatable bonds is 3. The summed E-state index contributed by atoms with van der Waals surface area (Å²) in [5, 5.41) is 20.3. The highest BCUT2D eigenvalue weighted by Gasteiger charge is 2.23. The Balaban J connectivity index is 2.84. The van der Waals surface area contributed by atoms with Crippen LogP contribution in [0.3, 0.4) is 0 Å². The lowest BCUT2D eigenvalue weighted by molar-refractivity contribution is -0.384. The molecule has 0 aliphatic carbocycles. The fourth-order valence-corrected chi connectivity index (χ4v) is 2.66. The van der Waals surface area contributed by atoms with E-state index >= 15 is 0 Å². The van der Waals surface area contributed by atoms with Crippen LogP contribution in [0.15, 0.2) is 24.3 Å². The number of nitrogens with zero attached hydrogens (tertiary/aromatic N) is 3. The van der Waals surface area contributed by atoms with Crippen LogP contribution in [0.2, 0.25) is 0 Å². The molecule has 0 spiro atoms. The van der Waals surface area contributed by atoms with Gasteiger partial charge in [-0.25, -0.2) is 0 Å². The number of non-ortho nitro benzene ring substituents is 1. The van der Waals surface area contributed by atoms with Crippen molar-refractivity contribution in [3.8, 4) is 17.2 Å². The molecule has 0 aliphatic heterocycles. The normalized spacial score (nSPS) is 10.1. The van der Waals surface area contributed by atoms with Gasteiger partial charge in [0, 0.05) is 37.5 Å². The molecule has 2 rings (SSSR count). The molecule has 0 bridgehead atoms. The number of nitro groups is 1. The van der Waals surface area contributed by atoms with E-state index in [0.29, 0.717) is 22.4 Å². The largest absolute Gasteiger partial charge is 0.348 e. The van der Waals surface area contributed by atoms with Crippen molar-refractivity contribution < 1.29 is 9.72 Å². The third-order valence-electron chi connectivity index (χ3n) is 3.50. The number of hydrogen-bond donors (Lipinski definition) is 1. The van der Waals surface area contributed by atoms with E-state index in [4.69, 9.17) is 12.2 Å². The zero-order valence-corrected chi connectivity index (χ0v) is 14.1. The van der Waals surface area contributed by atoms with Gasteiger partial charge in [0.1, 0.15) is 10.7 Å². The molecule has 1 aromatic heterocycles. The van der Waals surface area contributed by atoms with E-state index in [1.54, 1.807) is 21.0 Å². The van der Waals surface area contributed by atoms with Crippen LogP contribution >= 0.6 is 12.2 Å². The summed E-state index contributed by atoms with van der Waals surface area (Å²) in [5.74, 6) is -0.288. The second-order valence-corrected chi connectivity index (χ2v) is 5.73. The lowest BCUT2D eigenvalue weighted by Gasteiger charge is -2.18. The highest BCUT2D eigenvalue weighted by Crippen LogP contribution is 2.31. The topological polar surface area (TPSA) is 103 Å². The van der Waals surface area contributed by atoms with E-state index in [2.05, 4.69) is 4.98 Å². The molecule has 0 saturated heterocycles. The van der Waals surface area contributed by atoms with Crippen LogP contribution in [0.4, 0.5) is 5.69 Å². The predicted octanol–water partition coefficient (Wildman–Crippen LogP) is 3.20. The molecule has 0 unspecified atom stereocenters. The van der Waals surface area contributed by atoms with Gasteiger partial charge < -0.3 is 9.88 Å². The Kier molecular flexibility index (Phi) is 4.76. The Hall–Kier alpha value is -3.05. The van der Waals surface area contributed by atoms with Gasteiger partial charge in [0.25, 0.3) is 11.6 Å². The molecule has 0 atom stereocenters. The number of nitrogens with one attached hydrogen (secondary N) is 1. The predicted molar refractivity (Wildman–Crippen MR) is 91.2 cm³/mol. The third-order valence-corrected chi connectivity index (χ3v) is 3.81. The van der Waals surface area contributed by atoms with Crippen molar-refractivity contribution in [2.45, 2.75) is 6.92 Å². The van der Waals surface area contributed by atoms with Crippen molar-refractivity contribution in [1.82, 2.24) is 9.88 Å². The molecule has 0 fully saturated rings. The molecule has 24 heavy (non-hydrogen) atoms. The van der Waals surface area contributed by atoms with Crippen LogP contribution in [0.1, 0.15) is 21.6 Å². The zero-order valence-electron chi connectivity index (χ0n) is 13.3. The number of benzene rings is 1. The van der Waals surface area contributed by atoms with Gasteiger partial charge in [0.2, 0.25) is 0 Å². The molecule has 1 aromatic carbocycles. The second kappa shape index (κ2) is 6.60. The van der Waals surface area contributed by atoms with Crippen LogP contribution in [0.25, 0.3) is 11.1 Å². The van der Waals surface area contributed by atoms with Crippen LogP contribution in [-0.2, 0) is 0 Å². The summed E-state index contributed by atoms with van der Waals surface area (Å²) in [6, 6.07) is 7.70. The number of aromatic amines is 1. The Morgan fingerprint density at radius 2 is 1.92 bits per heavy atom. The number of hydrogen-bond acceptors (Lipinski definition) is 5. The first kappa shape index (κ1) is 17.3. The number of nitriles is 1. The quantitative estimate of drug-likeness (QED) is 0.524. The second-order valence-electron chi connectivity index (χ2n) is 5.32. The van der Waals surface area contributed by atoms with Crippen molar-refractivity contribution in [3.63, 3.8) is 0 Å². The molecule has 0 aliphatic rings. The minimum absolute atomic E-state index is 0.0736. The monoisotopic (exact) mass is 342 g/mol. The minimum atomic E-state index is -0.511. The first-order valence-corrected chi connectivity index (χ1v) is 7.32. The molecule has 2 aromatic rings. The SMILES string of the molecule is Cc1[nH]c(=S)c(C#N)c(-c2ccc([N+](=O)[O-])cc2)c1C(=O)N(C)C.